The monoisotopic (exact) mass is 495 g/mol. The molecule has 0 unspecified atom stereocenters. The van der Waals surface area contributed by atoms with Crippen LogP contribution in [0.25, 0.3) is 0 Å². The molecular weight excluding hydrogens is 462 g/mol. The van der Waals surface area contributed by atoms with Gasteiger partial charge in [-0.1, -0.05) is 18.3 Å². The van der Waals surface area contributed by atoms with Gasteiger partial charge in [-0.05, 0) is 17.6 Å². The van der Waals surface area contributed by atoms with Crippen molar-refractivity contribution >= 4 is 42.1 Å². The Kier molecular flexibility index (Phi) is 16.5. The first-order valence-corrected chi connectivity index (χ1v) is 10.0. The number of aryl methyl sites for hydroxylation is 1. The molecule has 188 valence electrons. The second-order valence-electron chi connectivity index (χ2n) is 6.44. The highest BCUT2D eigenvalue weighted by molar-refractivity contribution is 7.58. The van der Waals surface area contributed by atoms with Crippen LogP contribution >= 0.6 is 0 Å². The van der Waals surface area contributed by atoms with E-state index in [9.17, 15) is 9.59 Å². The summed E-state index contributed by atoms with van der Waals surface area (Å²) in [5, 5.41) is 0.279. The summed E-state index contributed by atoms with van der Waals surface area (Å²) in [7, 11) is 3.45. The van der Waals surface area contributed by atoms with Gasteiger partial charge in [-0.25, -0.2) is 9.97 Å². The lowest BCUT2D eigenvalue weighted by molar-refractivity contribution is -0.364. The highest BCUT2D eigenvalue weighted by atomic mass is 32.1. The molecule has 0 aromatic carbocycles. The molecule has 0 aliphatic rings. The Hall–Kier alpha value is -4.11. The minimum absolute atomic E-state index is 0. The third kappa shape index (κ3) is 16.6. The van der Waals surface area contributed by atoms with Gasteiger partial charge in [-0.2, -0.15) is 4.98 Å². The van der Waals surface area contributed by atoms with E-state index >= 15 is 0 Å². The molecule has 34 heavy (non-hydrogen) atoms. The molecule has 3 rings (SSSR count). The fourth-order valence-electron chi connectivity index (χ4n) is 1.68. The molecule has 0 aliphatic carbocycles. The van der Waals surface area contributed by atoms with Crippen molar-refractivity contribution in [3.05, 3.63) is 46.6 Å². The lowest BCUT2D eigenvalue weighted by Gasteiger charge is -2.04. The number of nitrogen functional groups attached to an aromatic ring is 4. The molecule has 3 heterocycles. The predicted octanol–water partition coefficient (Wildman–Crippen LogP) is -1.40. The van der Waals surface area contributed by atoms with Crippen LogP contribution in [0.3, 0.4) is 0 Å². The van der Waals surface area contributed by atoms with E-state index in [4.69, 9.17) is 35.6 Å². The molecule has 0 saturated heterocycles. The number of carbonyl (C=O) groups is 1. The summed E-state index contributed by atoms with van der Waals surface area (Å²) < 4.78 is 0. The third-order valence-electron chi connectivity index (χ3n) is 3.34. The van der Waals surface area contributed by atoms with Gasteiger partial charge < -0.3 is 45.2 Å². The lowest BCUT2D eigenvalue weighted by Crippen LogP contribution is -2.17. The van der Waals surface area contributed by atoms with Crippen molar-refractivity contribution in [2.75, 3.05) is 37.0 Å². The van der Waals surface area contributed by atoms with Gasteiger partial charge in [0.1, 0.15) is 5.82 Å². The normalized spacial score (nSPS) is 8.82. The smallest absolute Gasteiger partial charge is 0.388 e. The van der Waals surface area contributed by atoms with Crippen molar-refractivity contribution in [3.63, 3.8) is 0 Å². The number of nitrogens with one attached hydrogen (secondary N) is 2. The van der Waals surface area contributed by atoms with Gasteiger partial charge in [0.15, 0.2) is 0 Å². The highest BCUT2D eigenvalue weighted by Gasteiger charge is 1.94. The zero-order valence-electron chi connectivity index (χ0n) is 19.6. The lowest BCUT2D eigenvalue weighted by atomic mass is 10.2. The first-order chi connectivity index (χ1) is 15.4. The summed E-state index contributed by atoms with van der Waals surface area (Å²) in [6.07, 6.45) is 4.94. The summed E-state index contributed by atoms with van der Waals surface area (Å²) in [6, 6.07) is 4.70. The number of aromatic nitrogens is 6. The van der Waals surface area contributed by atoms with E-state index in [-0.39, 0.29) is 28.0 Å². The summed E-state index contributed by atoms with van der Waals surface area (Å²) in [4.78, 5) is 42.4. The zero-order chi connectivity index (χ0) is 25.4. The first-order valence-electron chi connectivity index (χ1n) is 9.63. The van der Waals surface area contributed by atoms with Crippen molar-refractivity contribution in [2.45, 2.75) is 31.8 Å². The molecular formula is C19H33N11O3S. The number of aromatic amines is 2. The van der Waals surface area contributed by atoms with E-state index in [1.807, 2.05) is 6.92 Å². The van der Waals surface area contributed by atoms with Crippen LogP contribution in [-0.4, -0.2) is 55.3 Å². The number of nitrogens with zero attached hydrogens (tertiary/aromatic N) is 5. The first kappa shape index (κ1) is 32.1. The maximum atomic E-state index is 10.8. The maximum absolute atomic E-state index is 10.8. The molecule has 0 radical (unpaired) electrons. The predicted molar refractivity (Wildman–Crippen MR) is 133 cm³/mol. The SMILES string of the molecule is CC(=O)N(C)C.CCCc1cc(=O)[nH]c([S-])n1.Nc1cc[nH+]c(N)n1.Nc1ccnc(N)n1.O. The van der Waals surface area contributed by atoms with Gasteiger partial charge in [0, 0.05) is 45.0 Å². The minimum atomic E-state index is -0.159. The number of amides is 1. The number of carbonyl (C=O) groups excluding carboxylic acids is 1. The molecule has 0 bridgehead atoms. The molecule has 0 saturated carbocycles. The molecule has 0 spiro atoms. The molecule has 3 aromatic heterocycles. The van der Waals surface area contributed by atoms with Gasteiger partial charge in [-0.15, -0.1) is 0 Å². The van der Waals surface area contributed by atoms with Crippen molar-refractivity contribution in [1.82, 2.24) is 29.8 Å². The van der Waals surface area contributed by atoms with Crippen LogP contribution in [0.4, 0.5) is 23.5 Å². The Morgan fingerprint density at radius 1 is 1.12 bits per heavy atom. The van der Waals surface area contributed by atoms with Crippen LogP contribution in [0.2, 0.25) is 0 Å². The van der Waals surface area contributed by atoms with Crippen LogP contribution in [0.15, 0.2) is 40.5 Å². The number of rotatable bonds is 2. The van der Waals surface area contributed by atoms with Crippen LogP contribution in [-0.2, 0) is 23.8 Å². The minimum Gasteiger partial charge on any atom is -0.742 e. The van der Waals surface area contributed by atoms with Crippen molar-refractivity contribution in [3.8, 4) is 0 Å². The summed E-state index contributed by atoms with van der Waals surface area (Å²) >= 11 is 4.73. The Balaban J connectivity index is 0. The van der Waals surface area contributed by atoms with Crippen molar-refractivity contribution in [1.29, 1.82) is 0 Å². The number of hydrogen-bond donors (Lipinski definition) is 5. The Morgan fingerprint density at radius 3 is 2.06 bits per heavy atom. The Labute approximate surface area is 203 Å². The van der Waals surface area contributed by atoms with Crippen molar-refractivity contribution < 1.29 is 15.3 Å². The van der Waals surface area contributed by atoms with Gasteiger partial charge in [0.25, 0.3) is 0 Å². The second kappa shape index (κ2) is 17.4. The number of H-pyrrole nitrogens is 2. The highest BCUT2D eigenvalue weighted by Crippen LogP contribution is 1.95. The molecule has 0 aliphatic heterocycles. The fourth-order valence-corrected chi connectivity index (χ4v) is 1.89. The molecule has 14 nitrogen and oxygen atoms in total. The number of anilines is 4. The molecule has 15 heteroatoms. The van der Waals surface area contributed by atoms with Crippen LogP contribution in [0, 0.1) is 0 Å². The van der Waals surface area contributed by atoms with Gasteiger partial charge >= 0.3 is 5.95 Å². The summed E-state index contributed by atoms with van der Waals surface area (Å²) in [5.41, 5.74) is 21.5. The summed E-state index contributed by atoms with van der Waals surface area (Å²) in [6.45, 7) is 3.56. The van der Waals surface area contributed by atoms with E-state index in [2.05, 4.69) is 29.9 Å². The summed E-state index contributed by atoms with van der Waals surface area (Å²) in [5.74, 6) is 1.48. The fraction of sp³-hybridized carbons (Fsp3) is 0.316. The standard InChI is InChI=1S/C7H10N2OS.2C4H6N4.C4H9NO.H2O/c1-2-3-5-4-6(10)9-7(11)8-5;2*5-3-1-2-7-4(6)8-3;1-4(6)5(2)3;/h4H,2-3H2,1H3,(H2,8,9,10,11);2*1-2H,(H4,5,6,7,8);1-3H3;1H2. The van der Waals surface area contributed by atoms with Crippen LogP contribution in [0.1, 0.15) is 26.0 Å². The average Bonchev–Trinajstić information content (AvgIpc) is 2.68. The topological polar surface area (TPSA) is 254 Å². The molecule has 3 aromatic rings. The maximum Gasteiger partial charge on any atom is 0.388 e. The number of hydrogen-bond acceptors (Lipinski definition) is 11. The molecule has 0 fully saturated rings. The Morgan fingerprint density at radius 2 is 1.71 bits per heavy atom. The van der Waals surface area contributed by atoms with Crippen LogP contribution < -0.4 is 33.5 Å². The average molecular weight is 496 g/mol. The molecule has 0 atom stereocenters. The zero-order valence-corrected chi connectivity index (χ0v) is 20.4. The van der Waals surface area contributed by atoms with Crippen molar-refractivity contribution in [2.24, 2.45) is 0 Å². The quantitative estimate of drug-likeness (QED) is 0.204. The Bertz CT molecular complexity index is 970. The molecule has 1 amide bonds. The third-order valence-corrected chi connectivity index (χ3v) is 3.53. The van der Waals surface area contributed by atoms with Gasteiger partial charge in [0.2, 0.25) is 23.2 Å². The largest absolute Gasteiger partial charge is 0.742 e. The van der Waals surface area contributed by atoms with E-state index in [1.54, 1.807) is 32.4 Å². The van der Waals surface area contributed by atoms with E-state index in [1.165, 1.54) is 24.1 Å². The van der Waals surface area contributed by atoms with Crippen LogP contribution in [0.5, 0.6) is 0 Å². The molecule has 12 N–H and O–H groups in total. The second-order valence-corrected chi connectivity index (χ2v) is 6.83. The van der Waals surface area contributed by atoms with Gasteiger partial charge in [0.05, 0.1) is 6.20 Å². The van der Waals surface area contributed by atoms with E-state index < -0.39 is 0 Å². The van der Waals surface area contributed by atoms with E-state index in [0.29, 0.717) is 17.6 Å². The van der Waals surface area contributed by atoms with Gasteiger partial charge in [-0.3, -0.25) is 20.3 Å². The number of nitrogens with two attached hydrogens (primary N) is 4. The van der Waals surface area contributed by atoms with E-state index in [0.717, 1.165) is 18.5 Å².